The molecular formula is C9H18N2OS. The zero-order valence-corrected chi connectivity index (χ0v) is 9.14. The summed E-state index contributed by atoms with van der Waals surface area (Å²) in [6, 6.07) is 0.715. The SMILES string of the molecule is CC(N)CSCC(=O)N(C)C1CC1. The van der Waals surface area contributed by atoms with E-state index in [4.69, 9.17) is 5.73 Å². The fraction of sp³-hybridized carbons (Fsp3) is 0.889. The molecule has 1 rings (SSSR count). The van der Waals surface area contributed by atoms with E-state index in [1.54, 1.807) is 11.8 Å². The summed E-state index contributed by atoms with van der Waals surface area (Å²) >= 11 is 1.63. The van der Waals surface area contributed by atoms with E-state index in [2.05, 4.69) is 0 Å². The zero-order valence-electron chi connectivity index (χ0n) is 8.32. The standard InChI is InChI=1S/C9H18N2OS/c1-7(10)5-13-6-9(12)11(2)8-3-4-8/h7-8H,3-6,10H2,1-2H3. The molecule has 0 aromatic carbocycles. The van der Waals surface area contributed by atoms with Crippen molar-refractivity contribution in [2.45, 2.75) is 31.8 Å². The van der Waals surface area contributed by atoms with E-state index in [0.29, 0.717) is 11.8 Å². The number of nitrogens with zero attached hydrogens (tertiary/aromatic N) is 1. The summed E-state index contributed by atoms with van der Waals surface area (Å²) in [7, 11) is 1.90. The molecule has 0 heterocycles. The second-order valence-electron chi connectivity index (χ2n) is 3.73. The smallest absolute Gasteiger partial charge is 0.232 e. The van der Waals surface area contributed by atoms with Gasteiger partial charge in [-0.05, 0) is 19.8 Å². The molecule has 76 valence electrons. The lowest BCUT2D eigenvalue weighted by Gasteiger charge is -2.15. The van der Waals surface area contributed by atoms with Crippen molar-refractivity contribution in [2.75, 3.05) is 18.6 Å². The van der Waals surface area contributed by atoms with Gasteiger partial charge in [-0.2, -0.15) is 11.8 Å². The summed E-state index contributed by atoms with van der Waals surface area (Å²) in [5.74, 6) is 1.69. The number of thioether (sulfide) groups is 1. The Balaban J connectivity index is 2.09. The molecule has 1 saturated carbocycles. The molecule has 0 saturated heterocycles. The number of rotatable bonds is 5. The molecule has 0 aliphatic heterocycles. The third-order valence-corrected chi connectivity index (χ3v) is 3.31. The highest BCUT2D eigenvalue weighted by Crippen LogP contribution is 2.25. The molecule has 4 heteroatoms. The maximum Gasteiger partial charge on any atom is 0.232 e. The summed E-state index contributed by atoms with van der Waals surface area (Å²) in [6.45, 7) is 1.96. The molecule has 1 aliphatic rings. The van der Waals surface area contributed by atoms with Crippen LogP contribution >= 0.6 is 11.8 Å². The Labute approximate surface area is 84.0 Å². The Morgan fingerprint density at radius 3 is 2.77 bits per heavy atom. The first kappa shape index (κ1) is 10.9. The Hall–Kier alpha value is -0.220. The van der Waals surface area contributed by atoms with Crippen LogP contribution in [0.4, 0.5) is 0 Å². The summed E-state index contributed by atoms with van der Waals surface area (Å²) in [5.41, 5.74) is 5.58. The van der Waals surface area contributed by atoms with Gasteiger partial charge in [-0.25, -0.2) is 0 Å². The molecular weight excluding hydrogens is 184 g/mol. The predicted octanol–water partition coefficient (Wildman–Crippen LogP) is 0.688. The van der Waals surface area contributed by atoms with Crippen LogP contribution in [0.3, 0.4) is 0 Å². The highest BCUT2D eigenvalue weighted by atomic mass is 32.2. The molecule has 1 amide bonds. The minimum atomic E-state index is 0.184. The van der Waals surface area contributed by atoms with E-state index < -0.39 is 0 Å². The fourth-order valence-corrected chi connectivity index (χ4v) is 1.97. The predicted molar refractivity (Wildman–Crippen MR) is 56.8 cm³/mol. The number of hydrogen-bond donors (Lipinski definition) is 1. The Morgan fingerprint density at radius 2 is 2.31 bits per heavy atom. The Morgan fingerprint density at radius 1 is 1.69 bits per heavy atom. The highest BCUT2D eigenvalue weighted by Gasteiger charge is 2.29. The fourth-order valence-electron chi connectivity index (χ4n) is 1.10. The van der Waals surface area contributed by atoms with Crippen LogP contribution in [0.15, 0.2) is 0 Å². The number of nitrogens with two attached hydrogens (primary N) is 1. The van der Waals surface area contributed by atoms with Crippen LogP contribution in [-0.4, -0.2) is 41.4 Å². The lowest BCUT2D eigenvalue weighted by Crippen LogP contribution is -2.31. The molecule has 2 N–H and O–H groups in total. The van der Waals surface area contributed by atoms with Crippen molar-refractivity contribution in [3.8, 4) is 0 Å². The normalized spacial score (nSPS) is 18.4. The van der Waals surface area contributed by atoms with Gasteiger partial charge in [0.2, 0.25) is 5.91 Å². The van der Waals surface area contributed by atoms with Crippen molar-refractivity contribution in [3.63, 3.8) is 0 Å². The van der Waals surface area contributed by atoms with E-state index in [1.807, 2.05) is 18.9 Å². The van der Waals surface area contributed by atoms with Crippen molar-refractivity contribution in [1.82, 2.24) is 4.90 Å². The van der Waals surface area contributed by atoms with Gasteiger partial charge >= 0.3 is 0 Å². The van der Waals surface area contributed by atoms with Crippen molar-refractivity contribution < 1.29 is 4.79 Å². The Bertz CT molecular complexity index is 180. The first-order chi connectivity index (χ1) is 6.11. The monoisotopic (exact) mass is 202 g/mol. The number of amides is 1. The van der Waals surface area contributed by atoms with E-state index in [-0.39, 0.29) is 11.9 Å². The zero-order chi connectivity index (χ0) is 9.84. The van der Waals surface area contributed by atoms with Crippen LogP contribution in [0.1, 0.15) is 19.8 Å². The number of carbonyl (C=O) groups is 1. The first-order valence-electron chi connectivity index (χ1n) is 4.70. The van der Waals surface area contributed by atoms with Gasteiger partial charge in [-0.15, -0.1) is 0 Å². The van der Waals surface area contributed by atoms with Crippen LogP contribution < -0.4 is 5.73 Å². The van der Waals surface area contributed by atoms with Gasteiger partial charge in [0.05, 0.1) is 5.75 Å². The summed E-state index contributed by atoms with van der Waals surface area (Å²) in [4.78, 5) is 13.3. The molecule has 3 nitrogen and oxygen atoms in total. The van der Waals surface area contributed by atoms with Crippen molar-refractivity contribution in [1.29, 1.82) is 0 Å². The summed E-state index contributed by atoms with van der Waals surface area (Å²) < 4.78 is 0. The van der Waals surface area contributed by atoms with Gasteiger partial charge in [0.1, 0.15) is 0 Å². The molecule has 1 atom stereocenters. The number of hydrogen-bond acceptors (Lipinski definition) is 3. The van der Waals surface area contributed by atoms with Crippen molar-refractivity contribution >= 4 is 17.7 Å². The average Bonchev–Trinajstić information content (AvgIpc) is 2.84. The second kappa shape index (κ2) is 4.86. The largest absolute Gasteiger partial charge is 0.342 e. The molecule has 0 spiro atoms. The topological polar surface area (TPSA) is 46.3 Å². The van der Waals surface area contributed by atoms with Gasteiger partial charge in [-0.1, -0.05) is 0 Å². The molecule has 0 bridgehead atoms. The Kier molecular flexibility index (Phi) is 4.06. The van der Waals surface area contributed by atoms with Gasteiger partial charge < -0.3 is 10.6 Å². The van der Waals surface area contributed by atoms with E-state index >= 15 is 0 Å². The van der Waals surface area contributed by atoms with Crippen LogP contribution in [0.2, 0.25) is 0 Å². The lowest BCUT2D eigenvalue weighted by atomic mass is 10.4. The van der Waals surface area contributed by atoms with Crippen LogP contribution in [0.5, 0.6) is 0 Å². The minimum Gasteiger partial charge on any atom is -0.342 e. The minimum absolute atomic E-state index is 0.184. The van der Waals surface area contributed by atoms with Crippen LogP contribution in [0, 0.1) is 0 Å². The van der Waals surface area contributed by atoms with Gasteiger partial charge in [0.25, 0.3) is 0 Å². The third-order valence-electron chi connectivity index (χ3n) is 2.09. The van der Waals surface area contributed by atoms with Crippen LogP contribution in [-0.2, 0) is 4.79 Å². The van der Waals surface area contributed by atoms with Gasteiger partial charge in [0.15, 0.2) is 0 Å². The van der Waals surface area contributed by atoms with Gasteiger partial charge in [-0.3, -0.25) is 4.79 Å². The molecule has 0 radical (unpaired) electrons. The van der Waals surface area contributed by atoms with Crippen LogP contribution in [0.25, 0.3) is 0 Å². The molecule has 1 unspecified atom stereocenters. The third kappa shape index (κ3) is 4.00. The average molecular weight is 202 g/mol. The van der Waals surface area contributed by atoms with Crippen molar-refractivity contribution in [3.05, 3.63) is 0 Å². The molecule has 1 aliphatic carbocycles. The first-order valence-corrected chi connectivity index (χ1v) is 5.85. The highest BCUT2D eigenvalue weighted by molar-refractivity contribution is 7.99. The second-order valence-corrected chi connectivity index (χ2v) is 4.76. The van der Waals surface area contributed by atoms with Gasteiger partial charge in [0, 0.05) is 24.9 Å². The molecule has 1 fully saturated rings. The van der Waals surface area contributed by atoms with E-state index in [1.165, 1.54) is 12.8 Å². The molecule has 13 heavy (non-hydrogen) atoms. The lowest BCUT2D eigenvalue weighted by molar-refractivity contribution is -0.127. The number of carbonyl (C=O) groups excluding carboxylic acids is 1. The maximum atomic E-state index is 11.5. The molecule has 0 aromatic heterocycles. The maximum absolute atomic E-state index is 11.5. The van der Waals surface area contributed by atoms with E-state index in [0.717, 1.165) is 5.75 Å². The quantitative estimate of drug-likeness (QED) is 0.713. The summed E-state index contributed by atoms with van der Waals surface area (Å²) in [5, 5.41) is 0. The summed E-state index contributed by atoms with van der Waals surface area (Å²) in [6.07, 6.45) is 2.36. The van der Waals surface area contributed by atoms with E-state index in [9.17, 15) is 4.79 Å². The molecule has 0 aromatic rings. The van der Waals surface area contributed by atoms with Crippen molar-refractivity contribution in [2.24, 2.45) is 5.73 Å².